The molecule has 0 heterocycles. The van der Waals surface area contributed by atoms with Crippen LogP contribution in [0.25, 0.3) is 0 Å². The molecule has 1 aromatic rings. The number of hydrogen-bond acceptors (Lipinski definition) is 5. The van der Waals surface area contributed by atoms with E-state index in [1.54, 1.807) is 24.3 Å². The van der Waals surface area contributed by atoms with Crippen LogP contribution < -0.4 is 16.0 Å². The lowest BCUT2D eigenvalue weighted by Gasteiger charge is -2.25. The van der Waals surface area contributed by atoms with Crippen molar-refractivity contribution in [3.63, 3.8) is 0 Å². The highest BCUT2D eigenvalue weighted by molar-refractivity contribution is 7.62. The van der Waals surface area contributed by atoms with Crippen molar-refractivity contribution in [1.82, 2.24) is 0 Å². The minimum atomic E-state index is -3.61. The van der Waals surface area contributed by atoms with Crippen molar-refractivity contribution >= 4 is 13.3 Å². The van der Waals surface area contributed by atoms with Gasteiger partial charge in [-0.05, 0) is 18.1 Å². The molecule has 6 N–H and O–H groups in total. The third-order valence-corrected chi connectivity index (χ3v) is 5.64. The first kappa shape index (κ1) is 17.7. The van der Waals surface area contributed by atoms with E-state index in [0.29, 0.717) is 11.3 Å². The van der Waals surface area contributed by atoms with Crippen molar-refractivity contribution in [2.75, 3.05) is 7.11 Å². The number of carboxylic acid groups (broad SMARTS) is 1. The number of nitrogens with two attached hydrogens (primary N) is 2. The summed E-state index contributed by atoms with van der Waals surface area (Å²) < 4.78 is 17.5. The fourth-order valence-corrected chi connectivity index (χ4v) is 3.36. The molecule has 0 spiro atoms. The minimum Gasteiger partial charge on any atom is -0.496 e. The lowest BCUT2D eigenvalue weighted by molar-refractivity contribution is -0.137. The predicted molar refractivity (Wildman–Crippen MR) is 79.3 cm³/mol. The number of aliphatic hydroxyl groups excluding tert-OH is 1. The number of rotatable bonds is 8. The molecule has 8 heteroatoms. The standard InChI is InChI=1S/C13H21N2O5P/c1-20-10-5-3-2-4-9(10)8-13(18)21(15,19)11(14)6-7-12(16)17/h2-5,11,13,18H,6-8,14H2,1H3,(H2,15,19)(H,16,17)/t11?,13-,21?/m1/s1. The van der Waals surface area contributed by atoms with E-state index in [9.17, 15) is 14.5 Å². The molecule has 0 saturated carbocycles. The Balaban J connectivity index is 2.78. The Kier molecular flexibility index (Phi) is 6.36. The number of hydrogen-bond donors (Lipinski definition) is 4. The van der Waals surface area contributed by atoms with Crippen molar-refractivity contribution in [2.45, 2.75) is 30.9 Å². The summed E-state index contributed by atoms with van der Waals surface area (Å²) in [5.74, 6) is -2.91. The molecule has 1 rings (SSSR count). The van der Waals surface area contributed by atoms with Crippen LogP contribution in [0, 0.1) is 0 Å². The summed E-state index contributed by atoms with van der Waals surface area (Å²) in [6.45, 7) is 0. The van der Waals surface area contributed by atoms with Crippen molar-refractivity contribution in [3.8, 4) is 5.75 Å². The largest absolute Gasteiger partial charge is 0.496 e. The van der Waals surface area contributed by atoms with Crippen LogP contribution in [0.3, 0.4) is 0 Å². The van der Waals surface area contributed by atoms with Crippen LogP contribution in [-0.2, 0) is 15.8 Å². The van der Waals surface area contributed by atoms with Gasteiger partial charge in [0.15, 0.2) is 7.29 Å². The van der Waals surface area contributed by atoms with E-state index in [2.05, 4.69) is 0 Å². The third kappa shape index (κ3) is 4.82. The van der Waals surface area contributed by atoms with Crippen molar-refractivity contribution in [3.05, 3.63) is 29.8 Å². The average Bonchev–Trinajstić information content (AvgIpc) is 2.44. The molecule has 3 atom stereocenters. The van der Waals surface area contributed by atoms with Crippen LogP contribution in [-0.4, -0.2) is 34.9 Å². The fourth-order valence-electron chi connectivity index (χ4n) is 1.91. The summed E-state index contributed by atoms with van der Waals surface area (Å²) in [5, 5.41) is 18.7. The van der Waals surface area contributed by atoms with Gasteiger partial charge in [0, 0.05) is 12.8 Å². The van der Waals surface area contributed by atoms with E-state index in [1.807, 2.05) is 0 Å². The van der Waals surface area contributed by atoms with Crippen molar-refractivity contribution < 1.29 is 24.3 Å². The van der Waals surface area contributed by atoms with Crippen molar-refractivity contribution in [1.29, 1.82) is 0 Å². The van der Waals surface area contributed by atoms with Gasteiger partial charge < -0.3 is 25.2 Å². The van der Waals surface area contributed by atoms with Gasteiger partial charge in [-0.3, -0.25) is 10.3 Å². The molecular weight excluding hydrogens is 295 g/mol. The molecule has 1 aromatic carbocycles. The topological polar surface area (TPSA) is 136 Å². The lowest BCUT2D eigenvalue weighted by Crippen LogP contribution is -2.32. The molecule has 118 valence electrons. The molecule has 0 aliphatic carbocycles. The quantitative estimate of drug-likeness (QED) is 0.524. The van der Waals surface area contributed by atoms with E-state index in [0.717, 1.165) is 0 Å². The molecule has 0 radical (unpaired) electrons. The number of methoxy groups -OCH3 is 1. The number of aliphatic carboxylic acids is 1. The van der Waals surface area contributed by atoms with Crippen LogP contribution in [0.1, 0.15) is 18.4 Å². The fraction of sp³-hybridized carbons (Fsp3) is 0.462. The van der Waals surface area contributed by atoms with Crippen LogP contribution in [0.15, 0.2) is 24.3 Å². The molecule has 0 aliphatic rings. The molecule has 0 amide bonds. The third-order valence-electron chi connectivity index (χ3n) is 3.23. The highest BCUT2D eigenvalue weighted by atomic mass is 31.2. The zero-order valence-corrected chi connectivity index (χ0v) is 12.7. The summed E-state index contributed by atoms with van der Waals surface area (Å²) in [6, 6.07) is 6.98. The lowest BCUT2D eigenvalue weighted by atomic mass is 10.1. The van der Waals surface area contributed by atoms with Gasteiger partial charge in [0.2, 0.25) is 0 Å². The Morgan fingerprint density at radius 3 is 2.62 bits per heavy atom. The summed E-state index contributed by atoms with van der Waals surface area (Å²) in [4.78, 5) is 10.5. The van der Waals surface area contributed by atoms with Gasteiger partial charge in [0.25, 0.3) is 0 Å². The van der Waals surface area contributed by atoms with Gasteiger partial charge in [0.1, 0.15) is 11.6 Å². The second-order valence-electron chi connectivity index (χ2n) is 4.76. The van der Waals surface area contributed by atoms with Gasteiger partial charge in [0.05, 0.1) is 12.9 Å². The van der Waals surface area contributed by atoms with Crippen LogP contribution in [0.4, 0.5) is 0 Å². The van der Waals surface area contributed by atoms with Gasteiger partial charge in [-0.25, -0.2) is 0 Å². The second-order valence-corrected chi connectivity index (χ2v) is 7.55. The number of aliphatic hydroxyl groups is 1. The molecule has 21 heavy (non-hydrogen) atoms. The van der Waals surface area contributed by atoms with Crippen LogP contribution in [0.5, 0.6) is 5.75 Å². The Morgan fingerprint density at radius 1 is 1.43 bits per heavy atom. The Bertz CT molecular complexity index is 537. The summed E-state index contributed by atoms with van der Waals surface area (Å²) in [5.41, 5.74) is 12.0. The first-order valence-electron chi connectivity index (χ1n) is 6.44. The maximum absolute atomic E-state index is 12.4. The molecular formula is C13H21N2O5P. The minimum absolute atomic E-state index is 0.0264. The highest BCUT2D eigenvalue weighted by Crippen LogP contribution is 2.47. The maximum Gasteiger partial charge on any atom is 0.303 e. The zero-order chi connectivity index (χ0) is 16.0. The molecule has 0 bridgehead atoms. The first-order valence-corrected chi connectivity index (χ1v) is 8.35. The molecule has 2 unspecified atom stereocenters. The molecule has 0 saturated heterocycles. The summed E-state index contributed by atoms with van der Waals surface area (Å²) in [6.07, 6.45) is -0.269. The summed E-state index contributed by atoms with van der Waals surface area (Å²) >= 11 is 0. The first-order chi connectivity index (χ1) is 9.78. The SMILES string of the molecule is COc1ccccc1C[C@H](O)P(N)(=O)C(N)CCC(=O)O. The molecule has 7 nitrogen and oxygen atoms in total. The number of carboxylic acids is 1. The highest BCUT2D eigenvalue weighted by Gasteiger charge is 2.34. The van der Waals surface area contributed by atoms with E-state index in [-0.39, 0.29) is 19.3 Å². The zero-order valence-electron chi connectivity index (χ0n) is 11.8. The Hall–Kier alpha value is -1.40. The number of carbonyl (C=O) groups is 1. The maximum atomic E-state index is 12.4. The van der Waals surface area contributed by atoms with Gasteiger partial charge in [-0.15, -0.1) is 0 Å². The van der Waals surface area contributed by atoms with Gasteiger partial charge >= 0.3 is 5.97 Å². The average molecular weight is 316 g/mol. The van der Waals surface area contributed by atoms with Gasteiger partial charge in [-0.1, -0.05) is 18.2 Å². The predicted octanol–water partition coefficient (Wildman–Crippen LogP) is 0.942. The number of ether oxygens (including phenoxy) is 1. The van der Waals surface area contributed by atoms with Gasteiger partial charge in [-0.2, -0.15) is 0 Å². The van der Waals surface area contributed by atoms with E-state index in [4.69, 9.17) is 21.1 Å². The number of para-hydroxylation sites is 1. The van der Waals surface area contributed by atoms with E-state index < -0.39 is 24.9 Å². The molecule has 0 aromatic heterocycles. The smallest absolute Gasteiger partial charge is 0.303 e. The monoisotopic (exact) mass is 316 g/mol. The Morgan fingerprint density at radius 2 is 2.05 bits per heavy atom. The second kappa shape index (κ2) is 7.56. The van der Waals surface area contributed by atoms with Crippen molar-refractivity contribution in [2.24, 2.45) is 11.2 Å². The van der Waals surface area contributed by atoms with Crippen LogP contribution in [0.2, 0.25) is 0 Å². The molecule has 0 fully saturated rings. The van der Waals surface area contributed by atoms with E-state index in [1.165, 1.54) is 7.11 Å². The summed E-state index contributed by atoms with van der Waals surface area (Å²) in [7, 11) is -2.12. The molecule has 0 aliphatic heterocycles. The Labute approximate surface area is 123 Å². The van der Waals surface area contributed by atoms with Crippen LogP contribution >= 0.6 is 7.29 Å². The normalized spacial score (nSPS) is 16.8. The number of benzene rings is 1. The van der Waals surface area contributed by atoms with E-state index >= 15 is 0 Å².